The van der Waals surface area contributed by atoms with Crippen molar-refractivity contribution in [3.63, 3.8) is 0 Å². The smallest absolute Gasteiger partial charge is 0.255 e. The predicted molar refractivity (Wildman–Crippen MR) is 79.5 cm³/mol. The van der Waals surface area contributed by atoms with Crippen LogP contribution in [0.25, 0.3) is 11.3 Å². The van der Waals surface area contributed by atoms with Gasteiger partial charge < -0.3 is 4.57 Å². The summed E-state index contributed by atoms with van der Waals surface area (Å²) in [5.41, 5.74) is 2.65. The van der Waals surface area contributed by atoms with Crippen molar-refractivity contribution in [3.8, 4) is 11.3 Å². The van der Waals surface area contributed by atoms with Crippen molar-refractivity contribution in [1.82, 2.24) is 4.57 Å². The van der Waals surface area contributed by atoms with Crippen LogP contribution in [-0.4, -0.2) is 4.57 Å². The predicted octanol–water partition coefficient (Wildman–Crippen LogP) is 3.62. The molecule has 1 aromatic carbocycles. The van der Waals surface area contributed by atoms with Crippen molar-refractivity contribution >= 4 is 24.2 Å². The highest BCUT2D eigenvalue weighted by atomic mass is 35.5. The molecule has 0 unspecified atom stereocenters. The van der Waals surface area contributed by atoms with E-state index < -0.39 is 0 Å². The van der Waals surface area contributed by atoms with Gasteiger partial charge in [0.05, 0.1) is 5.69 Å². The van der Waals surface area contributed by atoms with Crippen molar-refractivity contribution in [3.05, 3.63) is 57.3 Å². The fraction of sp³-hybridized carbons (Fsp3) is 0.214. The summed E-state index contributed by atoms with van der Waals surface area (Å²) >= 11 is 10.0. The molecule has 0 radical (unpaired) electrons. The van der Waals surface area contributed by atoms with Crippen LogP contribution in [-0.2, 0) is 12.3 Å². The highest BCUT2D eigenvalue weighted by Crippen LogP contribution is 2.21. The van der Waals surface area contributed by atoms with Crippen molar-refractivity contribution in [2.45, 2.75) is 19.2 Å². The summed E-state index contributed by atoms with van der Waals surface area (Å²) < 4.78 is 1.76. The minimum Gasteiger partial charge on any atom is -0.308 e. The van der Waals surface area contributed by atoms with Crippen LogP contribution in [0.1, 0.15) is 12.5 Å². The molecule has 0 aliphatic carbocycles. The Labute approximate surface area is 117 Å². The van der Waals surface area contributed by atoms with E-state index in [0.717, 1.165) is 16.8 Å². The van der Waals surface area contributed by atoms with Gasteiger partial charge in [0, 0.05) is 22.9 Å². The van der Waals surface area contributed by atoms with Gasteiger partial charge >= 0.3 is 0 Å². The van der Waals surface area contributed by atoms with Gasteiger partial charge in [0.15, 0.2) is 0 Å². The fourth-order valence-corrected chi connectivity index (χ4v) is 2.30. The zero-order valence-corrected chi connectivity index (χ0v) is 11.7. The third-order valence-corrected chi connectivity index (χ3v) is 3.47. The van der Waals surface area contributed by atoms with Gasteiger partial charge in [-0.1, -0.05) is 29.8 Å². The molecule has 4 heteroatoms. The van der Waals surface area contributed by atoms with E-state index in [0.29, 0.717) is 17.3 Å². The molecule has 1 heterocycles. The maximum atomic E-state index is 12.2. The van der Waals surface area contributed by atoms with E-state index >= 15 is 0 Å². The van der Waals surface area contributed by atoms with Crippen LogP contribution in [0.2, 0.25) is 5.02 Å². The lowest BCUT2D eigenvalue weighted by Crippen LogP contribution is -2.23. The molecule has 0 spiro atoms. The first-order valence-corrected chi connectivity index (χ1v) is 6.78. The molecule has 94 valence electrons. The Morgan fingerprint density at radius 1 is 1.17 bits per heavy atom. The second-order valence-corrected chi connectivity index (χ2v) is 4.71. The van der Waals surface area contributed by atoms with Gasteiger partial charge in [0.1, 0.15) is 0 Å². The molecule has 0 bridgehead atoms. The van der Waals surface area contributed by atoms with Gasteiger partial charge in [-0.15, -0.1) is 0 Å². The molecule has 2 aromatic rings. The summed E-state index contributed by atoms with van der Waals surface area (Å²) in [6.45, 7) is 2.60. The van der Waals surface area contributed by atoms with Crippen molar-refractivity contribution in [2.24, 2.45) is 0 Å². The number of nitrogens with zero attached hydrogens (tertiary/aromatic N) is 1. The molecule has 0 aliphatic heterocycles. The molecule has 0 saturated heterocycles. The Balaban J connectivity index is 2.61. The van der Waals surface area contributed by atoms with Crippen LogP contribution in [0.3, 0.4) is 0 Å². The van der Waals surface area contributed by atoms with Crippen molar-refractivity contribution in [1.29, 1.82) is 0 Å². The molecule has 0 fully saturated rings. The second-order valence-electron chi connectivity index (χ2n) is 3.96. The lowest BCUT2D eigenvalue weighted by Gasteiger charge is -2.12. The Kier molecular flexibility index (Phi) is 4.15. The van der Waals surface area contributed by atoms with Gasteiger partial charge in [-0.05, 0) is 30.7 Å². The Hall–Kier alpha value is -1.19. The van der Waals surface area contributed by atoms with Gasteiger partial charge in [0.25, 0.3) is 5.56 Å². The number of hydrogen-bond acceptors (Lipinski definition) is 2. The van der Waals surface area contributed by atoms with Crippen LogP contribution in [0, 0.1) is 0 Å². The van der Waals surface area contributed by atoms with E-state index in [1.54, 1.807) is 4.57 Å². The summed E-state index contributed by atoms with van der Waals surface area (Å²) in [6, 6.07) is 11.3. The van der Waals surface area contributed by atoms with Gasteiger partial charge in [-0.25, -0.2) is 0 Å². The molecule has 0 N–H and O–H groups in total. The summed E-state index contributed by atoms with van der Waals surface area (Å²) in [6.07, 6.45) is 0. The number of pyridine rings is 1. The standard InChI is InChI=1S/C14H14ClNOS/c1-2-16-13(8-5-11(9-18)14(16)17)10-3-6-12(15)7-4-10/h3-8,18H,2,9H2,1H3. The average molecular weight is 280 g/mol. The minimum absolute atomic E-state index is 0.0277. The fourth-order valence-electron chi connectivity index (χ4n) is 1.93. The van der Waals surface area contributed by atoms with Crippen LogP contribution in [0.4, 0.5) is 0 Å². The zero-order valence-electron chi connectivity index (χ0n) is 10.1. The third kappa shape index (κ3) is 2.47. The van der Waals surface area contributed by atoms with Crippen molar-refractivity contribution < 1.29 is 0 Å². The Morgan fingerprint density at radius 2 is 1.83 bits per heavy atom. The minimum atomic E-state index is 0.0277. The first kappa shape index (κ1) is 13.2. The lowest BCUT2D eigenvalue weighted by atomic mass is 10.1. The van der Waals surface area contributed by atoms with Crippen molar-refractivity contribution in [2.75, 3.05) is 0 Å². The van der Waals surface area contributed by atoms with Crippen LogP contribution in [0.5, 0.6) is 0 Å². The molecule has 18 heavy (non-hydrogen) atoms. The number of halogens is 1. The van der Waals surface area contributed by atoms with Crippen LogP contribution < -0.4 is 5.56 Å². The van der Waals surface area contributed by atoms with Gasteiger partial charge in [-0.3, -0.25) is 4.79 Å². The SMILES string of the molecule is CCn1c(-c2ccc(Cl)cc2)ccc(CS)c1=O. The highest BCUT2D eigenvalue weighted by molar-refractivity contribution is 7.79. The molecular weight excluding hydrogens is 266 g/mol. The normalized spacial score (nSPS) is 10.6. The quantitative estimate of drug-likeness (QED) is 0.852. The summed E-state index contributed by atoms with van der Waals surface area (Å²) in [5, 5.41) is 0.691. The molecule has 0 atom stereocenters. The average Bonchev–Trinajstić information content (AvgIpc) is 2.39. The Morgan fingerprint density at radius 3 is 2.39 bits per heavy atom. The van der Waals surface area contributed by atoms with E-state index in [9.17, 15) is 4.79 Å². The van der Waals surface area contributed by atoms with E-state index in [4.69, 9.17) is 11.6 Å². The number of rotatable bonds is 3. The van der Waals surface area contributed by atoms with E-state index in [1.165, 1.54) is 0 Å². The van der Waals surface area contributed by atoms with E-state index in [1.807, 2.05) is 43.3 Å². The largest absolute Gasteiger partial charge is 0.308 e. The molecular formula is C14H14ClNOS. The molecule has 2 rings (SSSR count). The first-order valence-electron chi connectivity index (χ1n) is 5.77. The topological polar surface area (TPSA) is 22.0 Å². The second kappa shape index (κ2) is 5.63. The maximum absolute atomic E-state index is 12.2. The molecule has 1 aromatic heterocycles. The van der Waals surface area contributed by atoms with Gasteiger partial charge in [-0.2, -0.15) is 12.6 Å². The Bertz CT molecular complexity index is 604. The molecule has 0 amide bonds. The van der Waals surface area contributed by atoms with E-state index in [2.05, 4.69) is 12.6 Å². The number of benzene rings is 1. The number of thiol groups is 1. The molecule has 2 nitrogen and oxygen atoms in total. The summed E-state index contributed by atoms with van der Waals surface area (Å²) in [4.78, 5) is 12.2. The summed E-state index contributed by atoms with van der Waals surface area (Å²) in [7, 11) is 0. The lowest BCUT2D eigenvalue weighted by molar-refractivity contribution is 0.729. The van der Waals surface area contributed by atoms with E-state index in [-0.39, 0.29) is 5.56 Å². The van der Waals surface area contributed by atoms with Gasteiger partial charge in [0.2, 0.25) is 0 Å². The van der Waals surface area contributed by atoms with Crippen LogP contribution in [0.15, 0.2) is 41.2 Å². The number of aromatic nitrogens is 1. The number of hydrogen-bond donors (Lipinski definition) is 1. The summed E-state index contributed by atoms with van der Waals surface area (Å²) in [5.74, 6) is 0.458. The van der Waals surface area contributed by atoms with Crippen LogP contribution >= 0.6 is 24.2 Å². The molecule has 0 saturated carbocycles. The first-order chi connectivity index (χ1) is 8.67. The highest BCUT2D eigenvalue weighted by Gasteiger charge is 2.08. The maximum Gasteiger partial charge on any atom is 0.255 e. The zero-order chi connectivity index (χ0) is 13.1. The monoisotopic (exact) mass is 279 g/mol. The third-order valence-electron chi connectivity index (χ3n) is 2.88. The molecule has 0 aliphatic rings.